The molecule has 5 aliphatic rings. The molecule has 6 atom stereocenters. The van der Waals surface area contributed by atoms with Gasteiger partial charge >= 0.3 is 0 Å². The van der Waals surface area contributed by atoms with E-state index in [9.17, 15) is 0 Å². The molecule has 4 N–H and O–H groups in total. The second kappa shape index (κ2) is 9.68. The van der Waals surface area contributed by atoms with Crippen molar-refractivity contribution >= 4 is 11.4 Å². The number of rotatable bonds is 1. The second-order valence-corrected chi connectivity index (χ2v) is 10.6. The minimum atomic E-state index is 0.164. The molecule has 4 saturated heterocycles. The Balaban J connectivity index is 1.28. The van der Waals surface area contributed by atoms with Gasteiger partial charge in [0.05, 0.1) is 30.8 Å². The van der Waals surface area contributed by atoms with E-state index < -0.39 is 0 Å². The smallest absolute Gasteiger partial charge is 0.113 e. The van der Waals surface area contributed by atoms with E-state index in [1.54, 1.807) is 0 Å². The van der Waals surface area contributed by atoms with E-state index in [-0.39, 0.29) is 6.29 Å². The first-order chi connectivity index (χ1) is 16.3. The quantitative estimate of drug-likeness (QED) is 0.496. The summed E-state index contributed by atoms with van der Waals surface area (Å²) in [5.41, 5.74) is 4.09. The van der Waals surface area contributed by atoms with Gasteiger partial charge in [-0.05, 0) is 44.4 Å². The molecule has 5 heterocycles. The second-order valence-electron chi connectivity index (χ2n) is 10.6. The molecule has 4 bridgehead atoms. The monoisotopic (exact) mass is 455 g/mol. The molecule has 6 unspecified atom stereocenters. The van der Waals surface area contributed by atoms with Gasteiger partial charge in [0.25, 0.3) is 0 Å². The van der Waals surface area contributed by atoms with Crippen LogP contribution < -0.4 is 26.2 Å². The highest BCUT2D eigenvalue weighted by Gasteiger charge is 2.45. The Hall–Kier alpha value is -1.42. The predicted molar refractivity (Wildman–Crippen MR) is 133 cm³/mol. The molecule has 0 saturated carbocycles. The average molecular weight is 456 g/mol. The molecule has 8 nitrogen and oxygen atoms in total. The molecule has 1 aromatic rings. The number of benzene rings is 1. The largest absolute Gasteiger partial charge is 0.381 e. The Morgan fingerprint density at radius 2 is 1.97 bits per heavy atom. The number of para-hydroxylation sites is 1. The van der Waals surface area contributed by atoms with E-state index in [1.165, 1.54) is 49.3 Å². The van der Waals surface area contributed by atoms with Gasteiger partial charge in [0, 0.05) is 63.8 Å². The number of piperidine rings is 2. The van der Waals surface area contributed by atoms with Crippen molar-refractivity contribution in [2.24, 2.45) is 5.92 Å². The summed E-state index contributed by atoms with van der Waals surface area (Å²) >= 11 is 0. The van der Waals surface area contributed by atoms with Crippen molar-refractivity contribution in [1.29, 1.82) is 0 Å². The summed E-state index contributed by atoms with van der Waals surface area (Å²) in [5, 5.41) is 15.0. The van der Waals surface area contributed by atoms with E-state index in [0.717, 1.165) is 52.5 Å². The number of aryl methyl sites for hydroxylation is 1. The van der Waals surface area contributed by atoms with Crippen LogP contribution in [0, 0.1) is 12.8 Å². The van der Waals surface area contributed by atoms with Crippen LogP contribution in [-0.4, -0.2) is 99.9 Å². The Morgan fingerprint density at radius 1 is 1.00 bits per heavy atom. The van der Waals surface area contributed by atoms with Gasteiger partial charge in [0.15, 0.2) is 0 Å². The summed E-state index contributed by atoms with van der Waals surface area (Å²) in [6, 6.07) is 7.94. The lowest BCUT2D eigenvalue weighted by Gasteiger charge is -2.55. The first-order valence-electron chi connectivity index (χ1n) is 13.1. The Kier molecular flexibility index (Phi) is 6.47. The van der Waals surface area contributed by atoms with Crippen molar-refractivity contribution in [2.45, 2.75) is 50.7 Å². The molecular weight excluding hydrogens is 414 g/mol. The van der Waals surface area contributed by atoms with E-state index in [4.69, 9.17) is 4.74 Å². The molecule has 1 aromatic carbocycles. The third-order valence-corrected chi connectivity index (χ3v) is 8.47. The number of anilines is 2. The summed E-state index contributed by atoms with van der Waals surface area (Å²) < 4.78 is 5.92. The van der Waals surface area contributed by atoms with Crippen LogP contribution in [0.25, 0.3) is 0 Å². The summed E-state index contributed by atoms with van der Waals surface area (Å²) in [6.45, 7) is 12.5. The molecule has 4 fully saturated rings. The highest BCUT2D eigenvalue weighted by molar-refractivity contribution is 5.75. The summed E-state index contributed by atoms with van der Waals surface area (Å²) in [4.78, 5) is 8.21. The van der Waals surface area contributed by atoms with Crippen LogP contribution in [0.1, 0.15) is 24.8 Å². The fourth-order valence-electron chi connectivity index (χ4n) is 6.84. The first-order valence-corrected chi connectivity index (χ1v) is 13.1. The molecule has 0 radical (unpaired) electrons. The van der Waals surface area contributed by atoms with Gasteiger partial charge < -0.3 is 15.0 Å². The van der Waals surface area contributed by atoms with Crippen LogP contribution in [0.15, 0.2) is 18.2 Å². The molecule has 8 heteroatoms. The molecule has 6 rings (SSSR count). The number of ether oxygens (including phenoxy) is 1. The summed E-state index contributed by atoms with van der Waals surface area (Å²) in [7, 11) is 0. The lowest BCUT2D eigenvalue weighted by molar-refractivity contribution is -0.0344. The fourth-order valence-corrected chi connectivity index (χ4v) is 6.84. The molecule has 0 spiro atoms. The topological polar surface area (TPSA) is 67.1 Å². The number of hydrogen-bond acceptors (Lipinski definition) is 8. The number of nitrogens with zero attached hydrogens (tertiary/aromatic N) is 3. The number of fused-ring (bicyclic) bond motifs is 5. The van der Waals surface area contributed by atoms with Crippen LogP contribution in [0.3, 0.4) is 0 Å². The van der Waals surface area contributed by atoms with Crippen LogP contribution >= 0.6 is 0 Å². The molecule has 5 aliphatic heterocycles. The highest BCUT2D eigenvalue weighted by atomic mass is 16.5. The van der Waals surface area contributed by atoms with Gasteiger partial charge in [-0.2, -0.15) is 0 Å². The van der Waals surface area contributed by atoms with Gasteiger partial charge in [-0.3, -0.25) is 25.8 Å². The number of nitrogens with one attached hydrogen (secondary N) is 4. The maximum absolute atomic E-state index is 5.92. The van der Waals surface area contributed by atoms with E-state index >= 15 is 0 Å². The number of hydrogen-bond donors (Lipinski definition) is 4. The standard InChI is InChI=1S/C25H41N7O/c1-18-4-2-6-22-23(18)26-7-10-31(22)21-14-19-15-28-25-27-8-12-33-13-11-30-9-3-5-20(16-30)32(17-21)24(19)29-25/h2,4,6,19-21,24-29H,3,5,7-17H2,1H3. The van der Waals surface area contributed by atoms with E-state index in [2.05, 4.69) is 61.1 Å². The normalized spacial score (nSPS) is 37.7. The van der Waals surface area contributed by atoms with Crippen LogP contribution in [-0.2, 0) is 4.74 Å². The third-order valence-electron chi connectivity index (χ3n) is 8.47. The molecule has 33 heavy (non-hydrogen) atoms. The lowest BCUT2D eigenvalue weighted by atomic mass is 9.85. The van der Waals surface area contributed by atoms with E-state index in [1.807, 2.05) is 0 Å². The Morgan fingerprint density at radius 3 is 2.94 bits per heavy atom. The molecule has 0 amide bonds. The highest BCUT2D eigenvalue weighted by Crippen LogP contribution is 2.38. The minimum absolute atomic E-state index is 0.164. The van der Waals surface area contributed by atoms with E-state index in [0.29, 0.717) is 24.2 Å². The van der Waals surface area contributed by atoms with Crippen molar-refractivity contribution in [3.8, 4) is 0 Å². The molecule has 0 aromatic heterocycles. The maximum atomic E-state index is 5.92. The van der Waals surface area contributed by atoms with Crippen molar-refractivity contribution in [1.82, 2.24) is 25.8 Å². The molecular formula is C25H41N7O. The van der Waals surface area contributed by atoms with Gasteiger partial charge in [-0.25, -0.2) is 0 Å². The minimum Gasteiger partial charge on any atom is -0.381 e. The lowest BCUT2D eigenvalue weighted by Crippen LogP contribution is -2.74. The SMILES string of the molecule is Cc1cccc2c1NCCN2C1CC2CNC3NCCOCCN4CCCC(C4)N(C1)C2N3. The van der Waals surface area contributed by atoms with Crippen LogP contribution in [0.5, 0.6) is 0 Å². The average Bonchev–Trinajstić information content (AvgIpc) is 2.86. The fraction of sp³-hybridized carbons (Fsp3) is 0.760. The Labute approximate surface area is 198 Å². The third kappa shape index (κ3) is 4.49. The first kappa shape index (κ1) is 22.1. The van der Waals surface area contributed by atoms with Gasteiger partial charge in [0.1, 0.15) is 6.29 Å². The zero-order valence-corrected chi connectivity index (χ0v) is 20.1. The maximum Gasteiger partial charge on any atom is 0.113 e. The molecule has 182 valence electrons. The Bertz CT molecular complexity index is 822. The van der Waals surface area contributed by atoms with Crippen LogP contribution in [0.4, 0.5) is 11.4 Å². The van der Waals surface area contributed by atoms with Gasteiger partial charge in [-0.15, -0.1) is 0 Å². The summed E-state index contributed by atoms with van der Waals surface area (Å²) in [6.07, 6.45) is 4.43. The van der Waals surface area contributed by atoms with Gasteiger partial charge in [-0.1, -0.05) is 12.1 Å². The molecule has 0 aliphatic carbocycles. The summed E-state index contributed by atoms with van der Waals surface area (Å²) in [5.74, 6) is 0.613. The van der Waals surface area contributed by atoms with Crippen molar-refractivity contribution in [3.05, 3.63) is 23.8 Å². The zero-order chi connectivity index (χ0) is 22.2. The van der Waals surface area contributed by atoms with Gasteiger partial charge in [0.2, 0.25) is 0 Å². The zero-order valence-electron chi connectivity index (χ0n) is 20.1. The van der Waals surface area contributed by atoms with Crippen molar-refractivity contribution in [3.63, 3.8) is 0 Å². The van der Waals surface area contributed by atoms with Crippen molar-refractivity contribution in [2.75, 3.05) is 75.8 Å². The predicted octanol–water partition coefficient (Wildman–Crippen LogP) is 0.804. The van der Waals surface area contributed by atoms with Crippen LogP contribution in [0.2, 0.25) is 0 Å². The van der Waals surface area contributed by atoms with Crippen molar-refractivity contribution < 1.29 is 4.74 Å².